The minimum Gasteiger partial charge on any atom is -0.392 e. The summed E-state index contributed by atoms with van der Waals surface area (Å²) in [4.78, 5) is 0. The molecular formula is C9H5F6IO. The fraction of sp³-hybridized carbons (Fsp3) is 0.333. The summed E-state index contributed by atoms with van der Waals surface area (Å²) in [5, 5.41) is 8.77. The molecule has 0 spiro atoms. The van der Waals surface area contributed by atoms with Gasteiger partial charge in [-0.05, 0) is 34.7 Å². The molecule has 1 nitrogen and oxygen atoms in total. The third-order valence-corrected chi connectivity index (χ3v) is 2.95. The predicted octanol–water partition coefficient (Wildman–Crippen LogP) is 3.82. The molecule has 0 atom stereocenters. The largest absolute Gasteiger partial charge is 0.416 e. The molecule has 0 aliphatic heterocycles. The van der Waals surface area contributed by atoms with Crippen LogP contribution in [-0.4, -0.2) is 5.11 Å². The molecule has 8 heteroatoms. The van der Waals surface area contributed by atoms with Gasteiger partial charge in [0.15, 0.2) is 0 Å². The molecule has 0 saturated carbocycles. The lowest BCUT2D eigenvalue weighted by atomic mass is 10.0. The Bertz CT molecular complexity index is 423. The lowest BCUT2D eigenvalue weighted by Crippen LogP contribution is -2.15. The molecule has 0 aromatic heterocycles. The van der Waals surface area contributed by atoms with Crippen molar-refractivity contribution >= 4 is 22.6 Å². The van der Waals surface area contributed by atoms with Gasteiger partial charge in [0, 0.05) is 9.13 Å². The van der Waals surface area contributed by atoms with Crippen LogP contribution in [0.4, 0.5) is 26.3 Å². The molecule has 1 aromatic carbocycles. The Morgan fingerprint density at radius 3 is 1.88 bits per heavy atom. The average molecular weight is 370 g/mol. The molecular weight excluding hydrogens is 365 g/mol. The van der Waals surface area contributed by atoms with E-state index in [2.05, 4.69) is 0 Å². The summed E-state index contributed by atoms with van der Waals surface area (Å²) in [5.74, 6) is 0. The predicted molar refractivity (Wildman–Crippen MR) is 55.1 cm³/mol. The van der Waals surface area contributed by atoms with Crippen LogP contribution in [0.25, 0.3) is 0 Å². The van der Waals surface area contributed by atoms with Gasteiger partial charge in [0.1, 0.15) is 0 Å². The summed E-state index contributed by atoms with van der Waals surface area (Å²) in [5.41, 5.74) is -3.39. The highest BCUT2D eigenvalue weighted by molar-refractivity contribution is 14.1. The van der Waals surface area contributed by atoms with Crippen molar-refractivity contribution in [3.63, 3.8) is 0 Å². The highest BCUT2D eigenvalue weighted by Gasteiger charge is 2.39. The summed E-state index contributed by atoms with van der Waals surface area (Å²) in [6.07, 6.45) is -9.78. The van der Waals surface area contributed by atoms with Crippen LogP contribution in [0.5, 0.6) is 0 Å². The van der Waals surface area contributed by atoms with Crippen molar-refractivity contribution in [3.05, 3.63) is 32.4 Å². The van der Waals surface area contributed by atoms with E-state index in [9.17, 15) is 26.3 Å². The van der Waals surface area contributed by atoms with Crippen molar-refractivity contribution in [2.45, 2.75) is 19.0 Å². The van der Waals surface area contributed by atoms with E-state index >= 15 is 0 Å². The fourth-order valence-corrected chi connectivity index (χ4v) is 2.01. The maximum atomic E-state index is 12.5. The van der Waals surface area contributed by atoms with Gasteiger partial charge in [-0.15, -0.1) is 0 Å². The molecule has 0 aliphatic rings. The minimum absolute atomic E-state index is 0.00765. The van der Waals surface area contributed by atoms with Crippen LogP contribution in [0, 0.1) is 3.57 Å². The van der Waals surface area contributed by atoms with E-state index in [0.717, 1.165) is 0 Å². The van der Waals surface area contributed by atoms with Crippen LogP contribution >= 0.6 is 22.6 Å². The van der Waals surface area contributed by atoms with Gasteiger partial charge in [-0.1, -0.05) is 0 Å². The summed E-state index contributed by atoms with van der Waals surface area (Å²) < 4.78 is 74.2. The SMILES string of the molecule is OCc1c(I)cc(C(F)(F)F)cc1C(F)(F)F. The summed E-state index contributed by atoms with van der Waals surface area (Å²) >= 11 is 1.33. The Balaban J connectivity index is 3.51. The number of aliphatic hydroxyl groups excluding tert-OH is 1. The van der Waals surface area contributed by atoms with Crippen molar-refractivity contribution in [1.82, 2.24) is 0 Å². The Kier molecular flexibility index (Phi) is 3.97. The highest BCUT2D eigenvalue weighted by atomic mass is 127. The first-order valence-electron chi connectivity index (χ1n) is 4.15. The van der Waals surface area contributed by atoms with E-state index in [1.54, 1.807) is 0 Å². The lowest BCUT2D eigenvalue weighted by Gasteiger charge is -2.16. The minimum atomic E-state index is -4.93. The van der Waals surface area contributed by atoms with Crippen molar-refractivity contribution < 1.29 is 31.4 Å². The molecule has 17 heavy (non-hydrogen) atoms. The van der Waals surface area contributed by atoms with Gasteiger partial charge in [-0.25, -0.2) is 0 Å². The number of hydrogen-bond acceptors (Lipinski definition) is 1. The molecule has 0 radical (unpaired) electrons. The van der Waals surface area contributed by atoms with E-state index < -0.39 is 35.6 Å². The first-order chi connectivity index (χ1) is 7.57. The standard InChI is InChI=1S/C9H5F6IO/c10-8(11,12)4-1-6(9(13,14)15)5(3-17)7(16)2-4/h1-2,17H,3H2. The fourth-order valence-electron chi connectivity index (χ4n) is 1.21. The van der Waals surface area contributed by atoms with Crippen LogP contribution in [0.3, 0.4) is 0 Å². The maximum absolute atomic E-state index is 12.5. The summed E-state index contributed by atoms with van der Waals surface area (Å²) in [6.45, 7) is -0.967. The smallest absolute Gasteiger partial charge is 0.392 e. The number of aliphatic hydroxyl groups is 1. The monoisotopic (exact) mass is 370 g/mol. The second kappa shape index (κ2) is 4.63. The Morgan fingerprint density at radius 1 is 1.00 bits per heavy atom. The second-order valence-electron chi connectivity index (χ2n) is 3.14. The van der Waals surface area contributed by atoms with Crippen LogP contribution in [0.2, 0.25) is 0 Å². The number of alkyl halides is 6. The summed E-state index contributed by atoms with van der Waals surface area (Å²) in [7, 11) is 0. The zero-order valence-corrected chi connectivity index (χ0v) is 10.1. The van der Waals surface area contributed by atoms with Crippen LogP contribution in [-0.2, 0) is 19.0 Å². The molecule has 0 saturated heterocycles. The van der Waals surface area contributed by atoms with Crippen LogP contribution in [0.1, 0.15) is 16.7 Å². The molecule has 0 fully saturated rings. The van der Waals surface area contributed by atoms with Gasteiger partial charge in [-0.2, -0.15) is 26.3 Å². The van der Waals surface area contributed by atoms with Gasteiger partial charge in [-0.3, -0.25) is 0 Å². The Morgan fingerprint density at radius 2 is 1.53 bits per heavy atom. The number of benzene rings is 1. The third kappa shape index (κ3) is 3.24. The van der Waals surface area contributed by atoms with Gasteiger partial charge >= 0.3 is 12.4 Å². The summed E-state index contributed by atoms with van der Waals surface area (Å²) in [6, 6.07) is 0.578. The maximum Gasteiger partial charge on any atom is 0.416 e. The number of halogens is 7. The van der Waals surface area contributed by atoms with Crippen LogP contribution < -0.4 is 0 Å². The molecule has 0 unspecified atom stereocenters. The van der Waals surface area contributed by atoms with E-state index in [-0.39, 0.29) is 9.64 Å². The van der Waals surface area contributed by atoms with E-state index in [1.807, 2.05) is 0 Å². The molecule has 0 heterocycles. The zero-order chi connectivity index (χ0) is 13.4. The number of rotatable bonds is 1. The first kappa shape index (κ1) is 14.6. The zero-order valence-electron chi connectivity index (χ0n) is 7.95. The second-order valence-corrected chi connectivity index (χ2v) is 4.30. The van der Waals surface area contributed by atoms with Gasteiger partial charge in [0.2, 0.25) is 0 Å². The Labute approximate surface area is 106 Å². The van der Waals surface area contributed by atoms with Crippen LogP contribution in [0.15, 0.2) is 12.1 Å². The van der Waals surface area contributed by atoms with Crippen molar-refractivity contribution in [2.75, 3.05) is 0 Å². The first-order valence-corrected chi connectivity index (χ1v) is 5.23. The Hall–Kier alpha value is -0.510. The highest BCUT2D eigenvalue weighted by Crippen LogP contribution is 2.39. The van der Waals surface area contributed by atoms with Gasteiger partial charge < -0.3 is 5.11 Å². The molecule has 96 valence electrons. The molecule has 1 rings (SSSR count). The van der Waals surface area contributed by atoms with E-state index in [1.165, 1.54) is 22.6 Å². The van der Waals surface area contributed by atoms with Crippen molar-refractivity contribution in [2.24, 2.45) is 0 Å². The normalized spacial score (nSPS) is 12.9. The van der Waals surface area contributed by atoms with Crippen molar-refractivity contribution in [1.29, 1.82) is 0 Å². The molecule has 0 amide bonds. The average Bonchev–Trinajstić information content (AvgIpc) is 2.13. The van der Waals surface area contributed by atoms with E-state index in [4.69, 9.17) is 5.11 Å². The van der Waals surface area contributed by atoms with Crippen molar-refractivity contribution in [3.8, 4) is 0 Å². The molecule has 1 aromatic rings. The molecule has 0 aliphatic carbocycles. The molecule has 0 bridgehead atoms. The lowest BCUT2D eigenvalue weighted by molar-refractivity contribution is -0.143. The van der Waals surface area contributed by atoms with E-state index in [0.29, 0.717) is 6.07 Å². The molecule has 1 N–H and O–H groups in total. The number of hydrogen-bond donors (Lipinski definition) is 1. The van der Waals surface area contributed by atoms with Gasteiger partial charge in [0.25, 0.3) is 0 Å². The topological polar surface area (TPSA) is 20.2 Å². The van der Waals surface area contributed by atoms with Gasteiger partial charge in [0.05, 0.1) is 17.7 Å². The quantitative estimate of drug-likeness (QED) is 0.589. The third-order valence-electron chi connectivity index (χ3n) is 1.99.